The molecule has 1 aromatic carbocycles. The van der Waals surface area contributed by atoms with Crippen LogP contribution in [0.1, 0.15) is 32.3 Å². The number of likely N-dealkylation sites (tertiary alicyclic amines) is 1. The molecule has 1 N–H and O–H groups in total. The predicted octanol–water partition coefficient (Wildman–Crippen LogP) is 3.67. The number of rotatable bonds is 3. The Balaban J connectivity index is 2.09. The highest BCUT2D eigenvalue weighted by atomic mass is 35.5. The normalized spacial score (nSPS) is 25.4. The van der Waals surface area contributed by atoms with Crippen LogP contribution in [-0.4, -0.2) is 22.6 Å². The van der Waals surface area contributed by atoms with Gasteiger partial charge < -0.3 is 5.11 Å². The molecule has 1 aliphatic heterocycles. The Bertz CT molecular complexity index is 394. The van der Waals surface area contributed by atoms with Gasteiger partial charge in [-0.1, -0.05) is 37.1 Å². The zero-order valence-corrected chi connectivity index (χ0v) is 11.2. The van der Waals surface area contributed by atoms with E-state index < -0.39 is 0 Å². The van der Waals surface area contributed by atoms with Gasteiger partial charge in [-0.15, -0.1) is 0 Å². The minimum Gasteiger partial charge on any atom is -0.506 e. The zero-order chi connectivity index (χ0) is 12.4. The van der Waals surface area contributed by atoms with Gasteiger partial charge in [0.25, 0.3) is 0 Å². The Morgan fingerprint density at radius 2 is 2.24 bits per heavy atom. The Kier molecular flexibility index (Phi) is 3.95. The fourth-order valence-electron chi connectivity index (χ4n) is 2.75. The first-order valence-electron chi connectivity index (χ1n) is 6.34. The van der Waals surface area contributed by atoms with Gasteiger partial charge in [-0.3, -0.25) is 4.90 Å². The molecule has 0 aromatic heterocycles. The van der Waals surface area contributed by atoms with Crippen LogP contribution < -0.4 is 0 Å². The van der Waals surface area contributed by atoms with Gasteiger partial charge in [-0.2, -0.15) is 0 Å². The number of halogens is 1. The Hall–Kier alpha value is -0.730. The highest BCUT2D eigenvalue weighted by molar-refractivity contribution is 6.32. The Morgan fingerprint density at radius 3 is 2.88 bits per heavy atom. The number of nitrogens with zero attached hydrogens (tertiary/aromatic N) is 1. The Morgan fingerprint density at radius 1 is 1.47 bits per heavy atom. The fraction of sp³-hybridized carbons (Fsp3) is 0.571. The number of phenolic OH excluding ortho intramolecular Hbond substituents is 1. The molecule has 2 atom stereocenters. The molecule has 94 valence electrons. The maximum Gasteiger partial charge on any atom is 0.134 e. The van der Waals surface area contributed by atoms with Gasteiger partial charge in [0.05, 0.1) is 5.02 Å². The molecular weight excluding hydrogens is 234 g/mol. The van der Waals surface area contributed by atoms with Crippen LogP contribution in [-0.2, 0) is 6.54 Å². The van der Waals surface area contributed by atoms with Gasteiger partial charge in [-0.05, 0) is 37.4 Å². The average Bonchev–Trinajstić information content (AvgIpc) is 2.66. The van der Waals surface area contributed by atoms with E-state index in [4.69, 9.17) is 11.6 Å². The second-order valence-electron chi connectivity index (χ2n) is 4.92. The molecule has 2 nitrogen and oxygen atoms in total. The summed E-state index contributed by atoms with van der Waals surface area (Å²) in [5.74, 6) is 0.981. The van der Waals surface area contributed by atoms with Crippen LogP contribution in [0.25, 0.3) is 0 Å². The molecule has 0 spiro atoms. The molecule has 0 bridgehead atoms. The molecule has 2 unspecified atom stereocenters. The molecule has 1 aliphatic rings. The lowest BCUT2D eigenvalue weighted by atomic mass is 9.99. The minimum absolute atomic E-state index is 0.183. The van der Waals surface area contributed by atoms with E-state index in [9.17, 15) is 5.11 Å². The first-order valence-corrected chi connectivity index (χ1v) is 6.71. The van der Waals surface area contributed by atoms with Crippen LogP contribution in [0.15, 0.2) is 18.2 Å². The van der Waals surface area contributed by atoms with Crippen molar-refractivity contribution in [2.45, 2.75) is 39.3 Å². The third-order valence-corrected chi connectivity index (χ3v) is 4.44. The summed E-state index contributed by atoms with van der Waals surface area (Å²) in [7, 11) is 0. The summed E-state index contributed by atoms with van der Waals surface area (Å²) in [5, 5.41) is 10.1. The molecule has 0 aliphatic carbocycles. The van der Waals surface area contributed by atoms with Crippen molar-refractivity contribution in [2.24, 2.45) is 5.92 Å². The fourth-order valence-corrected chi connectivity index (χ4v) is 2.94. The van der Waals surface area contributed by atoms with E-state index in [1.165, 1.54) is 12.8 Å². The van der Waals surface area contributed by atoms with Gasteiger partial charge in [0.1, 0.15) is 5.75 Å². The van der Waals surface area contributed by atoms with Crippen molar-refractivity contribution in [1.82, 2.24) is 4.90 Å². The van der Waals surface area contributed by atoms with Gasteiger partial charge in [0.15, 0.2) is 0 Å². The summed E-state index contributed by atoms with van der Waals surface area (Å²) >= 11 is 6.11. The van der Waals surface area contributed by atoms with Crippen molar-refractivity contribution in [3.8, 4) is 5.75 Å². The molecule has 1 aromatic rings. The maximum atomic E-state index is 9.59. The highest BCUT2D eigenvalue weighted by Crippen LogP contribution is 2.32. The molecule has 0 amide bonds. The number of aromatic hydroxyl groups is 1. The molecule has 1 heterocycles. The second-order valence-corrected chi connectivity index (χ2v) is 5.30. The minimum atomic E-state index is 0.183. The third kappa shape index (κ3) is 2.58. The molecular formula is C14H20ClNO. The van der Waals surface area contributed by atoms with Crippen molar-refractivity contribution in [3.63, 3.8) is 0 Å². The average molecular weight is 254 g/mol. The SMILES string of the molecule is CCC1CCN(Cc2cccc(O)c2Cl)C1C. The number of phenols is 1. The van der Waals surface area contributed by atoms with Crippen molar-refractivity contribution in [2.75, 3.05) is 6.54 Å². The topological polar surface area (TPSA) is 23.5 Å². The van der Waals surface area contributed by atoms with Crippen LogP contribution in [0.5, 0.6) is 5.75 Å². The van der Waals surface area contributed by atoms with Crippen LogP contribution >= 0.6 is 11.6 Å². The largest absolute Gasteiger partial charge is 0.506 e. The van der Waals surface area contributed by atoms with Crippen LogP contribution in [0.4, 0.5) is 0 Å². The molecule has 17 heavy (non-hydrogen) atoms. The summed E-state index contributed by atoms with van der Waals surface area (Å²) in [6, 6.07) is 6.09. The summed E-state index contributed by atoms with van der Waals surface area (Å²) < 4.78 is 0. The molecule has 1 saturated heterocycles. The molecule has 3 heteroatoms. The van der Waals surface area contributed by atoms with E-state index in [1.807, 2.05) is 12.1 Å². The summed E-state index contributed by atoms with van der Waals surface area (Å²) in [6.45, 7) is 6.51. The van der Waals surface area contributed by atoms with Gasteiger partial charge in [0, 0.05) is 12.6 Å². The monoisotopic (exact) mass is 253 g/mol. The summed E-state index contributed by atoms with van der Waals surface area (Å²) in [6.07, 6.45) is 2.51. The van der Waals surface area contributed by atoms with E-state index in [2.05, 4.69) is 18.7 Å². The first-order chi connectivity index (χ1) is 8.13. The quantitative estimate of drug-likeness (QED) is 0.889. The van der Waals surface area contributed by atoms with Crippen molar-refractivity contribution >= 4 is 11.6 Å². The lowest BCUT2D eigenvalue weighted by molar-refractivity contribution is 0.231. The van der Waals surface area contributed by atoms with Gasteiger partial charge in [-0.25, -0.2) is 0 Å². The molecule has 0 radical (unpaired) electrons. The lowest BCUT2D eigenvalue weighted by Crippen LogP contribution is -2.29. The van der Waals surface area contributed by atoms with Crippen LogP contribution in [0.2, 0.25) is 5.02 Å². The van der Waals surface area contributed by atoms with Crippen LogP contribution in [0.3, 0.4) is 0 Å². The highest BCUT2D eigenvalue weighted by Gasteiger charge is 2.29. The second kappa shape index (κ2) is 5.28. The van der Waals surface area contributed by atoms with Crippen molar-refractivity contribution < 1.29 is 5.11 Å². The van der Waals surface area contributed by atoms with E-state index in [-0.39, 0.29) is 5.75 Å². The number of benzene rings is 1. The number of hydrogen-bond donors (Lipinski definition) is 1. The smallest absolute Gasteiger partial charge is 0.134 e. The summed E-state index contributed by atoms with van der Waals surface area (Å²) in [5.41, 5.74) is 1.02. The zero-order valence-electron chi connectivity index (χ0n) is 10.5. The Labute approximate surface area is 108 Å². The van der Waals surface area contributed by atoms with E-state index in [0.29, 0.717) is 11.1 Å². The van der Waals surface area contributed by atoms with Crippen molar-refractivity contribution in [3.05, 3.63) is 28.8 Å². The third-order valence-electron chi connectivity index (χ3n) is 4.00. The van der Waals surface area contributed by atoms with Crippen LogP contribution in [0, 0.1) is 5.92 Å². The first kappa shape index (κ1) is 12.7. The summed E-state index contributed by atoms with van der Waals surface area (Å²) in [4.78, 5) is 2.45. The standard InChI is InChI=1S/C14H20ClNO/c1-3-11-7-8-16(10(11)2)9-12-5-4-6-13(17)14(12)15/h4-6,10-11,17H,3,7-9H2,1-2H3. The van der Waals surface area contributed by atoms with Gasteiger partial charge >= 0.3 is 0 Å². The molecule has 2 rings (SSSR count). The molecule has 1 fully saturated rings. The molecule has 0 saturated carbocycles. The maximum absolute atomic E-state index is 9.59. The van der Waals surface area contributed by atoms with Crippen molar-refractivity contribution in [1.29, 1.82) is 0 Å². The number of hydrogen-bond acceptors (Lipinski definition) is 2. The van der Waals surface area contributed by atoms with E-state index in [1.54, 1.807) is 6.07 Å². The van der Waals surface area contributed by atoms with E-state index >= 15 is 0 Å². The lowest BCUT2D eigenvalue weighted by Gasteiger charge is -2.24. The van der Waals surface area contributed by atoms with E-state index in [0.717, 1.165) is 24.6 Å². The van der Waals surface area contributed by atoms with Gasteiger partial charge in [0.2, 0.25) is 0 Å². The predicted molar refractivity (Wildman–Crippen MR) is 71.4 cm³/mol.